The van der Waals surface area contributed by atoms with Gasteiger partial charge in [-0.25, -0.2) is 8.42 Å². The first-order valence-corrected chi connectivity index (χ1v) is 8.65. The number of hydrogen-bond acceptors (Lipinski definition) is 4. The Hall–Kier alpha value is -1.38. The standard InChI is InChI=1S/C15H20N2O2S/c1-2-17(12-14-3-4-14)9-10-20(18,19)15-7-5-13(11-16)6-8-15/h5-8,14H,2-4,9-10,12H2,1H3. The monoisotopic (exact) mass is 292 g/mol. The van der Waals surface area contributed by atoms with Gasteiger partial charge in [0.25, 0.3) is 0 Å². The summed E-state index contributed by atoms with van der Waals surface area (Å²) in [6.07, 6.45) is 2.55. The summed E-state index contributed by atoms with van der Waals surface area (Å²) in [7, 11) is -3.26. The van der Waals surface area contributed by atoms with Gasteiger partial charge < -0.3 is 4.90 Å². The van der Waals surface area contributed by atoms with Crippen molar-refractivity contribution in [2.24, 2.45) is 5.92 Å². The van der Waals surface area contributed by atoms with Gasteiger partial charge >= 0.3 is 0 Å². The third-order valence-corrected chi connectivity index (χ3v) is 5.39. The van der Waals surface area contributed by atoms with Gasteiger partial charge in [-0.2, -0.15) is 5.26 Å². The second-order valence-corrected chi connectivity index (χ2v) is 7.40. The molecule has 108 valence electrons. The summed E-state index contributed by atoms with van der Waals surface area (Å²) in [6.45, 7) is 4.55. The van der Waals surface area contributed by atoms with Crippen molar-refractivity contribution < 1.29 is 8.42 Å². The Kier molecular flexibility index (Phi) is 4.79. The molecule has 0 radical (unpaired) electrons. The molecule has 1 aromatic rings. The van der Waals surface area contributed by atoms with Crippen molar-refractivity contribution in [2.75, 3.05) is 25.4 Å². The predicted molar refractivity (Wildman–Crippen MR) is 78.0 cm³/mol. The number of nitriles is 1. The number of rotatable bonds is 7. The van der Waals surface area contributed by atoms with E-state index in [9.17, 15) is 8.42 Å². The van der Waals surface area contributed by atoms with E-state index in [0.717, 1.165) is 19.0 Å². The largest absolute Gasteiger partial charge is 0.302 e. The summed E-state index contributed by atoms with van der Waals surface area (Å²) in [6, 6.07) is 8.13. The van der Waals surface area contributed by atoms with E-state index in [2.05, 4.69) is 11.8 Å². The van der Waals surface area contributed by atoms with Crippen LogP contribution in [-0.4, -0.2) is 38.7 Å². The minimum Gasteiger partial charge on any atom is -0.302 e. The molecular formula is C15H20N2O2S. The molecule has 1 fully saturated rings. The molecule has 1 aromatic carbocycles. The summed E-state index contributed by atoms with van der Waals surface area (Å²) in [5.74, 6) is 0.909. The van der Waals surface area contributed by atoms with Crippen molar-refractivity contribution in [2.45, 2.75) is 24.7 Å². The molecule has 0 unspecified atom stereocenters. The van der Waals surface area contributed by atoms with Gasteiger partial charge in [-0.3, -0.25) is 0 Å². The molecule has 5 heteroatoms. The summed E-state index contributed by atoms with van der Waals surface area (Å²) < 4.78 is 24.5. The van der Waals surface area contributed by atoms with Crippen molar-refractivity contribution in [1.82, 2.24) is 4.90 Å². The summed E-state index contributed by atoms with van der Waals surface area (Å²) in [5.41, 5.74) is 0.480. The first kappa shape index (κ1) is 15.0. The minimum atomic E-state index is -3.26. The lowest BCUT2D eigenvalue weighted by molar-refractivity contribution is 0.292. The molecule has 0 amide bonds. The van der Waals surface area contributed by atoms with Crippen LogP contribution < -0.4 is 0 Å². The quantitative estimate of drug-likeness (QED) is 0.772. The third kappa shape index (κ3) is 4.06. The average Bonchev–Trinajstić information content (AvgIpc) is 3.27. The van der Waals surface area contributed by atoms with Crippen molar-refractivity contribution in [3.8, 4) is 6.07 Å². The lowest BCUT2D eigenvalue weighted by atomic mass is 10.2. The molecular weight excluding hydrogens is 272 g/mol. The Labute approximate surface area is 120 Å². The zero-order valence-corrected chi connectivity index (χ0v) is 12.6. The first-order chi connectivity index (χ1) is 9.55. The Morgan fingerprint density at radius 2 is 1.95 bits per heavy atom. The van der Waals surface area contributed by atoms with Crippen LogP contribution in [0.25, 0.3) is 0 Å². The Morgan fingerprint density at radius 3 is 2.45 bits per heavy atom. The van der Waals surface area contributed by atoms with Gasteiger partial charge in [0, 0.05) is 13.1 Å². The smallest absolute Gasteiger partial charge is 0.179 e. The van der Waals surface area contributed by atoms with Crippen LogP contribution in [-0.2, 0) is 9.84 Å². The molecule has 0 saturated heterocycles. The molecule has 0 aromatic heterocycles. The lowest BCUT2D eigenvalue weighted by Gasteiger charge is -2.19. The molecule has 1 aliphatic carbocycles. The number of sulfone groups is 1. The molecule has 2 rings (SSSR count). The van der Waals surface area contributed by atoms with Gasteiger partial charge in [0.2, 0.25) is 0 Å². The van der Waals surface area contributed by atoms with E-state index in [4.69, 9.17) is 5.26 Å². The third-order valence-electron chi connectivity index (χ3n) is 3.68. The number of benzene rings is 1. The van der Waals surface area contributed by atoms with Gasteiger partial charge in [-0.1, -0.05) is 6.92 Å². The molecule has 0 heterocycles. The highest BCUT2D eigenvalue weighted by Crippen LogP contribution is 2.29. The molecule has 0 aliphatic heterocycles. The first-order valence-electron chi connectivity index (χ1n) is 7.00. The normalized spacial score (nSPS) is 15.2. The molecule has 0 bridgehead atoms. The van der Waals surface area contributed by atoms with Gasteiger partial charge in [-0.05, 0) is 49.6 Å². The Balaban J connectivity index is 1.96. The molecule has 20 heavy (non-hydrogen) atoms. The Morgan fingerprint density at radius 1 is 1.30 bits per heavy atom. The van der Waals surface area contributed by atoms with Crippen molar-refractivity contribution >= 4 is 9.84 Å². The Bertz CT molecular complexity index is 583. The predicted octanol–water partition coefficient (Wildman–Crippen LogP) is 2.06. The van der Waals surface area contributed by atoms with Gasteiger partial charge in [-0.15, -0.1) is 0 Å². The molecule has 0 spiro atoms. The van der Waals surface area contributed by atoms with Crippen molar-refractivity contribution in [3.63, 3.8) is 0 Å². The lowest BCUT2D eigenvalue weighted by Crippen LogP contribution is -2.31. The molecule has 0 N–H and O–H groups in total. The van der Waals surface area contributed by atoms with E-state index in [1.807, 2.05) is 6.07 Å². The van der Waals surface area contributed by atoms with Crippen LogP contribution in [0.3, 0.4) is 0 Å². The molecule has 0 atom stereocenters. The second kappa shape index (κ2) is 6.38. The van der Waals surface area contributed by atoms with E-state index in [1.165, 1.54) is 25.0 Å². The molecule has 1 saturated carbocycles. The van der Waals surface area contributed by atoms with E-state index in [0.29, 0.717) is 17.0 Å². The maximum atomic E-state index is 12.2. The van der Waals surface area contributed by atoms with Crippen LogP contribution in [0.4, 0.5) is 0 Å². The fourth-order valence-electron chi connectivity index (χ4n) is 2.15. The molecule has 4 nitrogen and oxygen atoms in total. The van der Waals surface area contributed by atoms with Crippen LogP contribution in [0, 0.1) is 17.2 Å². The van der Waals surface area contributed by atoms with E-state index < -0.39 is 9.84 Å². The highest BCUT2D eigenvalue weighted by Gasteiger charge is 2.24. The highest BCUT2D eigenvalue weighted by atomic mass is 32.2. The fraction of sp³-hybridized carbons (Fsp3) is 0.533. The van der Waals surface area contributed by atoms with E-state index >= 15 is 0 Å². The van der Waals surface area contributed by atoms with Gasteiger partial charge in [0.05, 0.1) is 22.3 Å². The SMILES string of the molecule is CCN(CCS(=O)(=O)c1ccc(C#N)cc1)CC1CC1. The number of hydrogen-bond donors (Lipinski definition) is 0. The van der Waals surface area contributed by atoms with Crippen LogP contribution in [0.2, 0.25) is 0 Å². The minimum absolute atomic E-state index is 0.138. The zero-order chi connectivity index (χ0) is 14.6. The van der Waals surface area contributed by atoms with E-state index in [1.54, 1.807) is 12.1 Å². The fourth-order valence-corrected chi connectivity index (χ4v) is 3.43. The van der Waals surface area contributed by atoms with Crippen LogP contribution in [0.5, 0.6) is 0 Å². The zero-order valence-electron chi connectivity index (χ0n) is 11.7. The van der Waals surface area contributed by atoms with Gasteiger partial charge in [0.1, 0.15) is 0 Å². The van der Waals surface area contributed by atoms with Crippen LogP contribution >= 0.6 is 0 Å². The van der Waals surface area contributed by atoms with E-state index in [-0.39, 0.29) is 5.75 Å². The topological polar surface area (TPSA) is 61.2 Å². The van der Waals surface area contributed by atoms with Gasteiger partial charge in [0.15, 0.2) is 9.84 Å². The van der Waals surface area contributed by atoms with Crippen LogP contribution in [0.15, 0.2) is 29.2 Å². The summed E-state index contributed by atoms with van der Waals surface area (Å²) in [5, 5.41) is 8.72. The maximum absolute atomic E-state index is 12.2. The van der Waals surface area contributed by atoms with Crippen molar-refractivity contribution in [1.29, 1.82) is 5.26 Å². The highest BCUT2D eigenvalue weighted by molar-refractivity contribution is 7.91. The number of nitrogens with zero attached hydrogens (tertiary/aromatic N) is 2. The molecule has 1 aliphatic rings. The van der Waals surface area contributed by atoms with Crippen molar-refractivity contribution in [3.05, 3.63) is 29.8 Å². The van der Waals surface area contributed by atoms with Crippen LogP contribution in [0.1, 0.15) is 25.3 Å². The summed E-state index contributed by atoms with van der Waals surface area (Å²) >= 11 is 0. The summed E-state index contributed by atoms with van der Waals surface area (Å²) in [4.78, 5) is 2.51. The maximum Gasteiger partial charge on any atom is 0.179 e. The average molecular weight is 292 g/mol. The second-order valence-electron chi connectivity index (χ2n) is 5.29.